The van der Waals surface area contributed by atoms with E-state index >= 15 is 0 Å². The molecule has 0 aliphatic carbocycles. The minimum Gasteiger partial charge on any atom is -0.452 e. The summed E-state index contributed by atoms with van der Waals surface area (Å²) in [5.41, 5.74) is 0.108. The summed E-state index contributed by atoms with van der Waals surface area (Å²) in [6, 6.07) is 4.27. The van der Waals surface area contributed by atoms with Crippen LogP contribution in [0.3, 0.4) is 0 Å². The Balaban J connectivity index is 2.40. The van der Waals surface area contributed by atoms with Crippen molar-refractivity contribution in [1.82, 2.24) is 10.6 Å². The lowest BCUT2D eigenvalue weighted by Crippen LogP contribution is -2.41. The molecule has 120 valence electrons. The molecule has 0 aliphatic rings. The van der Waals surface area contributed by atoms with E-state index in [1.807, 2.05) is 0 Å². The van der Waals surface area contributed by atoms with Crippen molar-refractivity contribution in [2.24, 2.45) is 0 Å². The highest BCUT2D eigenvalue weighted by Crippen LogP contribution is 2.21. The normalized spacial score (nSPS) is 10.2. The van der Waals surface area contributed by atoms with E-state index in [1.54, 1.807) is 13.8 Å². The van der Waals surface area contributed by atoms with Crippen LogP contribution in [0.4, 0.5) is 0 Å². The molecule has 0 heterocycles. The molecule has 2 amide bonds. The van der Waals surface area contributed by atoms with E-state index in [1.165, 1.54) is 18.2 Å². The van der Waals surface area contributed by atoms with Crippen LogP contribution in [-0.4, -0.2) is 37.0 Å². The number of esters is 1. The van der Waals surface area contributed by atoms with Crippen LogP contribution in [0, 0.1) is 0 Å². The van der Waals surface area contributed by atoms with E-state index in [4.69, 9.17) is 27.9 Å². The molecule has 2 N–H and O–H groups in total. The molecule has 0 saturated heterocycles. The van der Waals surface area contributed by atoms with Gasteiger partial charge in [0.25, 0.3) is 5.91 Å². The first-order chi connectivity index (χ1) is 10.3. The van der Waals surface area contributed by atoms with Gasteiger partial charge in [-0.3, -0.25) is 9.59 Å². The zero-order chi connectivity index (χ0) is 16.7. The van der Waals surface area contributed by atoms with Gasteiger partial charge in [0.05, 0.1) is 17.1 Å². The molecule has 0 fully saturated rings. The van der Waals surface area contributed by atoms with Gasteiger partial charge in [-0.05, 0) is 32.0 Å². The topological polar surface area (TPSA) is 84.5 Å². The Labute approximate surface area is 138 Å². The third kappa shape index (κ3) is 6.32. The Morgan fingerprint density at radius 3 is 2.45 bits per heavy atom. The fourth-order valence-electron chi connectivity index (χ4n) is 1.47. The van der Waals surface area contributed by atoms with E-state index in [2.05, 4.69) is 10.6 Å². The summed E-state index contributed by atoms with van der Waals surface area (Å²) >= 11 is 11.6. The Morgan fingerprint density at radius 2 is 1.86 bits per heavy atom. The first-order valence-corrected chi connectivity index (χ1v) is 7.23. The molecule has 6 nitrogen and oxygen atoms in total. The summed E-state index contributed by atoms with van der Waals surface area (Å²) in [5, 5.41) is 5.46. The number of amides is 2. The Kier molecular flexibility index (Phi) is 7.14. The minimum atomic E-state index is -0.747. The number of carbonyl (C=O) groups excluding carboxylic acids is 3. The molecule has 1 aromatic carbocycles. The highest BCUT2D eigenvalue weighted by atomic mass is 35.5. The summed E-state index contributed by atoms with van der Waals surface area (Å²) in [4.78, 5) is 34.6. The van der Waals surface area contributed by atoms with Gasteiger partial charge in [0.1, 0.15) is 0 Å². The van der Waals surface area contributed by atoms with Gasteiger partial charge in [0, 0.05) is 11.1 Å². The number of hydrogen-bond donors (Lipinski definition) is 2. The number of carbonyl (C=O) groups is 3. The monoisotopic (exact) mass is 346 g/mol. The lowest BCUT2D eigenvalue weighted by atomic mass is 10.2. The molecule has 0 unspecified atom stereocenters. The summed E-state index contributed by atoms with van der Waals surface area (Å²) in [5.74, 6) is -1.66. The van der Waals surface area contributed by atoms with E-state index in [0.717, 1.165) is 0 Å². The van der Waals surface area contributed by atoms with Crippen LogP contribution in [0.25, 0.3) is 0 Å². The predicted octanol–water partition coefficient (Wildman–Crippen LogP) is 1.79. The van der Waals surface area contributed by atoms with Gasteiger partial charge in [0.15, 0.2) is 6.61 Å². The second kappa shape index (κ2) is 8.60. The largest absolute Gasteiger partial charge is 0.452 e. The van der Waals surface area contributed by atoms with Crippen LogP contribution < -0.4 is 10.6 Å². The third-order valence-corrected chi connectivity index (χ3v) is 2.93. The molecule has 0 atom stereocenters. The van der Waals surface area contributed by atoms with Crippen molar-refractivity contribution < 1.29 is 19.1 Å². The maximum absolute atomic E-state index is 11.8. The average Bonchev–Trinajstić information content (AvgIpc) is 2.41. The number of nitrogens with one attached hydrogen (secondary N) is 2. The van der Waals surface area contributed by atoms with Crippen molar-refractivity contribution >= 4 is 41.0 Å². The molecule has 22 heavy (non-hydrogen) atoms. The van der Waals surface area contributed by atoms with Crippen LogP contribution in [0.15, 0.2) is 18.2 Å². The Hall–Kier alpha value is -1.79. The number of ether oxygens (including phenoxy) is 1. The van der Waals surface area contributed by atoms with Crippen LogP contribution >= 0.6 is 23.2 Å². The second-order valence-corrected chi connectivity index (χ2v) is 5.54. The molecular weight excluding hydrogens is 331 g/mol. The van der Waals surface area contributed by atoms with E-state index in [0.29, 0.717) is 5.02 Å². The number of hydrogen-bond acceptors (Lipinski definition) is 4. The molecule has 0 bridgehead atoms. The SMILES string of the molecule is CC(C)NC(=O)CNC(=O)COC(=O)c1ccc(Cl)cc1Cl. The average molecular weight is 347 g/mol. The molecule has 0 spiro atoms. The predicted molar refractivity (Wildman–Crippen MR) is 83.0 cm³/mol. The standard InChI is InChI=1S/C14H16Cl2N2O4/c1-8(2)18-12(19)6-17-13(20)7-22-14(21)10-4-3-9(15)5-11(10)16/h3-5,8H,6-7H2,1-2H3,(H,17,20)(H,18,19). The molecule has 1 rings (SSSR count). The Bertz CT molecular complexity index is 576. The summed E-state index contributed by atoms with van der Waals surface area (Å²) in [6.07, 6.45) is 0. The van der Waals surface area contributed by atoms with Gasteiger partial charge in [-0.25, -0.2) is 4.79 Å². The minimum absolute atomic E-state index is 0.0192. The molecular formula is C14H16Cl2N2O4. The van der Waals surface area contributed by atoms with E-state index in [9.17, 15) is 14.4 Å². The summed E-state index contributed by atoms with van der Waals surface area (Å²) in [7, 11) is 0. The zero-order valence-electron chi connectivity index (χ0n) is 12.1. The van der Waals surface area contributed by atoms with Crippen molar-refractivity contribution in [3.63, 3.8) is 0 Å². The first-order valence-electron chi connectivity index (χ1n) is 6.48. The van der Waals surface area contributed by atoms with Crippen molar-refractivity contribution in [2.75, 3.05) is 13.2 Å². The van der Waals surface area contributed by atoms with Crippen LogP contribution in [0.1, 0.15) is 24.2 Å². The molecule has 0 radical (unpaired) electrons. The molecule has 1 aromatic rings. The van der Waals surface area contributed by atoms with Gasteiger partial charge < -0.3 is 15.4 Å². The first kappa shape index (κ1) is 18.3. The number of benzene rings is 1. The summed E-state index contributed by atoms with van der Waals surface area (Å²) < 4.78 is 4.81. The molecule has 8 heteroatoms. The van der Waals surface area contributed by atoms with Gasteiger partial charge in [-0.15, -0.1) is 0 Å². The van der Waals surface area contributed by atoms with Gasteiger partial charge in [-0.2, -0.15) is 0 Å². The fraction of sp³-hybridized carbons (Fsp3) is 0.357. The molecule has 0 aromatic heterocycles. The van der Waals surface area contributed by atoms with Gasteiger partial charge >= 0.3 is 5.97 Å². The number of halogens is 2. The quantitative estimate of drug-likeness (QED) is 0.769. The number of rotatable bonds is 6. The lowest BCUT2D eigenvalue weighted by molar-refractivity contribution is -0.128. The van der Waals surface area contributed by atoms with Crippen molar-refractivity contribution in [3.8, 4) is 0 Å². The van der Waals surface area contributed by atoms with Crippen molar-refractivity contribution in [1.29, 1.82) is 0 Å². The third-order valence-electron chi connectivity index (χ3n) is 2.38. The van der Waals surface area contributed by atoms with Crippen LogP contribution in [0.2, 0.25) is 10.0 Å². The zero-order valence-corrected chi connectivity index (χ0v) is 13.6. The van der Waals surface area contributed by atoms with E-state index < -0.39 is 18.5 Å². The summed E-state index contributed by atoms with van der Waals surface area (Å²) in [6.45, 7) is 2.91. The van der Waals surface area contributed by atoms with Crippen molar-refractivity contribution in [2.45, 2.75) is 19.9 Å². The highest BCUT2D eigenvalue weighted by molar-refractivity contribution is 6.36. The molecule has 0 aliphatic heterocycles. The van der Waals surface area contributed by atoms with Crippen LogP contribution in [0.5, 0.6) is 0 Å². The van der Waals surface area contributed by atoms with E-state index in [-0.39, 0.29) is 29.1 Å². The maximum atomic E-state index is 11.8. The maximum Gasteiger partial charge on any atom is 0.340 e. The second-order valence-electron chi connectivity index (χ2n) is 4.70. The highest BCUT2D eigenvalue weighted by Gasteiger charge is 2.14. The van der Waals surface area contributed by atoms with Crippen molar-refractivity contribution in [3.05, 3.63) is 33.8 Å². The van der Waals surface area contributed by atoms with Crippen LogP contribution in [-0.2, 0) is 14.3 Å². The lowest BCUT2D eigenvalue weighted by Gasteiger charge is -2.10. The molecule has 0 saturated carbocycles. The van der Waals surface area contributed by atoms with Gasteiger partial charge in [-0.1, -0.05) is 23.2 Å². The smallest absolute Gasteiger partial charge is 0.340 e. The van der Waals surface area contributed by atoms with Gasteiger partial charge in [0.2, 0.25) is 5.91 Å². The Morgan fingerprint density at radius 1 is 1.18 bits per heavy atom. The fourth-order valence-corrected chi connectivity index (χ4v) is 1.95.